The molecule has 0 aliphatic rings. The highest BCUT2D eigenvalue weighted by atomic mass is 79.9. The summed E-state index contributed by atoms with van der Waals surface area (Å²) in [5.41, 5.74) is 5.95. The van der Waals surface area contributed by atoms with E-state index in [0.29, 0.717) is 10.2 Å². The van der Waals surface area contributed by atoms with E-state index in [-0.39, 0.29) is 17.4 Å². The monoisotopic (exact) mass is 336 g/mol. The maximum Gasteiger partial charge on any atom is 0.242 e. The Hall–Kier alpha value is -0.630. The summed E-state index contributed by atoms with van der Waals surface area (Å²) in [5.74, 6) is -0.00962. The molecular formula is C11H17BrN2O3S. The molecule has 0 spiro atoms. The van der Waals surface area contributed by atoms with Crippen LogP contribution in [0.25, 0.3) is 0 Å². The molecule has 18 heavy (non-hydrogen) atoms. The van der Waals surface area contributed by atoms with Crippen molar-refractivity contribution >= 4 is 31.6 Å². The van der Waals surface area contributed by atoms with Crippen LogP contribution in [0.3, 0.4) is 0 Å². The Labute approximate surface area is 116 Å². The molecule has 0 bridgehead atoms. The molecule has 0 fully saturated rings. The highest BCUT2D eigenvalue weighted by Crippen LogP contribution is 2.24. The van der Waals surface area contributed by atoms with Gasteiger partial charge >= 0.3 is 0 Å². The van der Waals surface area contributed by atoms with E-state index in [2.05, 4.69) is 20.7 Å². The van der Waals surface area contributed by atoms with Crippen LogP contribution in [0.4, 0.5) is 5.69 Å². The fourth-order valence-corrected chi connectivity index (χ4v) is 3.75. The molecule has 0 saturated heterocycles. The number of aliphatic hydroxyl groups is 1. The van der Waals surface area contributed by atoms with Gasteiger partial charge in [0.15, 0.2) is 0 Å². The van der Waals surface area contributed by atoms with Crippen molar-refractivity contribution in [2.45, 2.75) is 24.8 Å². The van der Waals surface area contributed by atoms with Crippen LogP contribution in [0.5, 0.6) is 0 Å². The first-order valence-electron chi connectivity index (χ1n) is 5.46. The van der Waals surface area contributed by atoms with E-state index in [9.17, 15) is 8.42 Å². The first-order valence-corrected chi connectivity index (χ1v) is 7.73. The summed E-state index contributed by atoms with van der Waals surface area (Å²) < 4.78 is 27.2. The van der Waals surface area contributed by atoms with Crippen LogP contribution in [-0.2, 0) is 10.0 Å². The zero-order valence-corrected chi connectivity index (χ0v) is 12.6. The van der Waals surface area contributed by atoms with Crippen molar-refractivity contribution in [1.82, 2.24) is 4.72 Å². The van der Waals surface area contributed by atoms with Gasteiger partial charge in [-0.15, -0.1) is 0 Å². The number of aliphatic hydroxyl groups excluding tert-OH is 1. The standard InChI is InChI=1S/C11H17BrN2O3S/c1-7(2)10(6-15)14-18(16,17)11-5-8(13)3-4-9(11)12/h3-5,7,10,14-15H,6,13H2,1-2H3. The molecule has 7 heteroatoms. The third kappa shape index (κ3) is 3.68. The average Bonchev–Trinajstić information content (AvgIpc) is 2.28. The molecule has 0 radical (unpaired) electrons. The van der Waals surface area contributed by atoms with Gasteiger partial charge in [0.05, 0.1) is 11.5 Å². The van der Waals surface area contributed by atoms with Gasteiger partial charge in [-0.2, -0.15) is 0 Å². The second-order valence-corrected chi connectivity index (χ2v) is 6.88. The maximum absolute atomic E-state index is 12.2. The SMILES string of the molecule is CC(C)C(CO)NS(=O)(=O)c1cc(N)ccc1Br. The number of sulfonamides is 1. The average molecular weight is 337 g/mol. The van der Waals surface area contributed by atoms with Gasteiger partial charge in [0.2, 0.25) is 10.0 Å². The predicted octanol–water partition coefficient (Wildman–Crippen LogP) is 1.33. The third-order valence-electron chi connectivity index (χ3n) is 2.55. The Kier molecular flexibility index (Phi) is 5.15. The highest BCUT2D eigenvalue weighted by Gasteiger charge is 2.23. The fraction of sp³-hybridized carbons (Fsp3) is 0.455. The van der Waals surface area contributed by atoms with Crippen molar-refractivity contribution in [3.05, 3.63) is 22.7 Å². The van der Waals surface area contributed by atoms with Crippen molar-refractivity contribution in [2.24, 2.45) is 5.92 Å². The summed E-state index contributed by atoms with van der Waals surface area (Å²) in [7, 11) is -3.71. The zero-order valence-electron chi connectivity index (χ0n) is 10.2. The Bertz CT molecular complexity index is 517. The normalized spacial score (nSPS) is 13.8. The van der Waals surface area contributed by atoms with E-state index in [1.807, 2.05) is 13.8 Å². The second-order valence-electron chi connectivity index (χ2n) is 4.34. The van der Waals surface area contributed by atoms with Crippen molar-refractivity contribution < 1.29 is 13.5 Å². The molecule has 0 aliphatic heterocycles. The molecule has 5 nitrogen and oxygen atoms in total. The van der Waals surface area contributed by atoms with Crippen LogP contribution < -0.4 is 10.5 Å². The summed E-state index contributed by atoms with van der Waals surface area (Å²) in [6, 6.07) is 4.03. The van der Waals surface area contributed by atoms with Gasteiger partial charge in [-0.05, 0) is 40.0 Å². The summed E-state index contributed by atoms with van der Waals surface area (Å²) in [6.07, 6.45) is 0. The second kappa shape index (κ2) is 6.01. The molecular weight excluding hydrogens is 320 g/mol. The number of nitrogens with one attached hydrogen (secondary N) is 1. The highest BCUT2D eigenvalue weighted by molar-refractivity contribution is 9.10. The quantitative estimate of drug-likeness (QED) is 0.707. The summed E-state index contributed by atoms with van der Waals surface area (Å²) in [6.45, 7) is 3.41. The first-order chi connectivity index (χ1) is 8.27. The molecule has 4 N–H and O–H groups in total. The van der Waals surface area contributed by atoms with Gasteiger partial charge in [-0.25, -0.2) is 13.1 Å². The number of nitrogens with two attached hydrogens (primary N) is 1. The van der Waals surface area contributed by atoms with E-state index in [1.54, 1.807) is 12.1 Å². The molecule has 1 aromatic carbocycles. The number of nitrogen functional groups attached to an aromatic ring is 1. The summed E-state index contributed by atoms with van der Waals surface area (Å²) in [4.78, 5) is 0.0709. The van der Waals surface area contributed by atoms with Crippen LogP contribution in [0.15, 0.2) is 27.6 Å². The third-order valence-corrected chi connectivity index (χ3v) is 5.04. The van der Waals surface area contributed by atoms with E-state index in [1.165, 1.54) is 6.07 Å². The number of halogens is 1. The van der Waals surface area contributed by atoms with E-state index in [0.717, 1.165) is 0 Å². The maximum atomic E-state index is 12.2. The topological polar surface area (TPSA) is 92.4 Å². The van der Waals surface area contributed by atoms with Crippen molar-refractivity contribution in [1.29, 1.82) is 0 Å². The fourth-order valence-electron chi connectivity index (χ4n) is 1.37. The molecule has 1 unspecified atom stereocenters. The molecule has 1 atom stereocenters. The Morgan fingerprint density at radius 1 is 1.44 bits per heavy atom. The van der Waals surface area contributed by atoms with Gasteiger partial charge in [0.1, 0.15) is 0 Å². The lowest BCUT2D eigenvalue weighted by Gasteiger charge is -2.20. The van der Waals surface area contributed by atoms with Crippen LogP contribution in [0, 0.1) is 5.92 Å². The lowest BCUT2D eigenvalue weighted by molar-refractivity contribution is 0.227. The van der Waals surface area contributed by atoms with Gasteiger partial charge in [0, 0.05) is 16.2 Å². The Morgan fingerprint density at radius 2 is 2.06 bits per heavy atom. The minimum absolute atomic E-state index is 0.00962. The zero-order chi connectivity index (χ0) is 13.9. The van der Waals surface area contributed by atoms with Crippen LogP contribution in [0.2, 0.25) is 0 Å². The molecule has 102 valence electrons. The molecule has 0 heterocycles. The van der Waals surface area contributed by atoms with E-state index < -0.39 is 16.1 Å². The molecule has 0 saturated carbocycles. The van der Waals surface area contributed by atoms with Crippen LogP contribution in [0.1, 0.15) is 13.8 Å². The molecule has 0 amide bonds. The Morgan fingerprint density at radius 3 is 2.56 bits per heavy atom. The summed E-state index contributed by atoms with van der Waals surface area (Å²) in [5, 5.41) is 9.17. The largest absolute Gasteiger partial charge is 0.399 e. The first kappa shape index (κ1) is 15.4. The molecule has 0 aromatic heterocycles. The predicted molar refractivity (Wildman–Crippen MR) is 74.6 cm³/mol. The minimum atomic E-state index is -3.71. The Balaban J connectivity index is 3.10. The summed E-state index contributed by atoms with van der Waals surface area (Å²) >= 11 is 3.18. The van der Waals surface area contributed by atoms with E-state index in [4.69, 9.17) is 10.8 Å². The molecule has 1 aromatic rings. The van der Waals surface area contributed by atoms with E-state index >= 15 is 0 Å². The minimum Gasteiger partial charge on any atom is -0.399 e. The number of anilines is 1. The molecule has 1 rings (SSSR count). The van der Waals surface area contributed by atoms with Crippen molar-refractivity contribution in [2.75, 3.05) is 12.3 Å². The van der Waals surface area contributed by atoms with Crippen molar-refractivity contribution in [3.63, 3.8) is 0 Å². The number of hydrogen-bond donors (Lipinski definition) is 3. The van der Waals surface area contributed by atoms with Gasteiger partial charge < -0.3 is 10.8 Å². The van der Waals surface area contributed by atoms with Gasteiger partial charge in [-0.3, -0.25) is 0 Å². The lowest BCUT2D eigenvalue weighted by atomic mass is 10.1. The number of benzene rings is 1. The van der Waals surface area contributed by atoms with Crippen LogP contribution >= 0.6 is 15.9 Å². The molecule has 0 aliphatic carbocycles. The lowest BCUT2D eigenvalue weighted by Crippen LogP contribution is -2.41. The van der Waals surface area contributed by atoms with Gasteiger partial charge in [-0.1, -0.05) is 13.8 Å². The van der Waals surface area contributed by atoms with Gasteiger partial charge in [0.25, 0.3) is 0 Å². The van der Waals surface area contributed by atoms with Crippen LogP contribution in [-0.4, -0.2) is 26.2 Å². The number of rotatable bonds is 5. The smallest absolute Gasteiger partial charge is 0.242 e. The number of hydrogen-bond acceptors (Lipinski definition) is 4. The van der Waals surface area contributed by atoms with Crippen molar-refractivity contribution in [3.8, 4) is 0 Å².